The minimum Gasteiger partial charge on any atom is -0.394 e. The molecule has 2 aliphatic rings. The fraction of sp³-hybridized carbons (Fsp3) is 0.542. The van der Waals surface area contributed by atoms with Gasteiger partial charge in [0.1, 0.15) is 41.6 Å². The van der Waals surface area contributed by atoms with Gasteiger partial charge < -0.3 is 28.9 Å². The van der Waals surface area contributed by atoms with Crippen LogP contribution in [0.15, 0.2) is 35.0 Å². The van der Waals surface area contributed by atoms with Crippen molar-refractivity contribution in [1.82, 2.24) is 20.2 Å². The predicted octanol–water partition coefficient (Wildman–Crippen LogP) is 2.54. The van der Waals surface area contributed by atoms with Gasteiger partial charge in [-0.2, -0.15) is 0 Å². The minimum atomic E-state index is -1.14. The van der Waals surface area contributed by atoms with Crippen molar-refractivity contribution in [2.45, 2.75) is 55.6 Å². The second kappa shape index (κ2) is 10.9. The molecule has 36 heavy (non-hydrogen) atoms. The Bertz CT molecular complexity index is 1170. The van der Waals surface area contributed by atoms with Crippen LogP contribution in [0.1, 0.15) is 36.3 Å². The third-order valence-electron chi connectivity index (χ3n) is 6.88. The maximum absolute atomic E-state index is 14.0. The summed E-state index contributed by atoms with van der Waals surface area (Å²) < 4.78 is 38.3. The van der Waals surface area contributed by atoms with Crippen molar-refractivity contribution < 1.29 is 33.3 Å². The lowest BCUT2D eigenvalue weighted by Gasteiger charge is -2.43. The first-order chi connectivity index (χ1) is 17.5. The van der Waals surface area contributed by atoms with Crippen LogP contribution < -0.4 is 0 Å². The number of aliphatic hydroxyl groups excluding tert-OH is 2. The highest BCUT2D eigenvalue weighted by atomic mass is 35.5. The van der Waals surface area contributed by atoms with Crippen LogP contribution in [0.3, 0.4) is 0 Å². The highest BCUT2D eigenvalue weighted by Gasteiger charge is 2.47. The van der Waals surface area contributed by atoms with E-state index in [1.54, 1.807) is 12.3 Å². The molecule has 1 aromatic carbocycles. The average molecular weight is 523 g/mol. The molecular weight excluding hydrogens is 495 g/mol. The molecule has 4 heterocycles. The van der Waals surface area contributed by atoms with Gasteiger partial charge in [-0.3, -0.25) is 0 Å². The van der Waals surface area contributed by atoms with Gasteiger partial charge in [0, 0.05) is 44.3 Å². The van der Waals surface area contributed by atoms with Gasteiger partial charge in [-0.15, -0.1) is 5.10 Å². The Balaban J connectivity index is 1.39. The quantitative estimate of drug-likeness (QED) is 0.481. The molecule has 0 saturated carbocycles. The summed E-state index contributed by atoms with van der Waals surface area (Å²) in [4.78, 5) is 0. The van der Waals surface area contributed by atoms with Gasteiger partial charge in [0.05, 0.1) is 29.6 Å². The zero-order valence-corrected chi connectivity index (χ0v) is 20.4. The summed E-state index contributed by atoms with van der Waals surface area (Å²) in [5.41, 5.74) is 1.57. The second-order valence-corrected chi connectivity index (χ2v) is 9.51. The van der Waals surface area contributed by atoms with Crippen molar-refractivity contribution in [1.29, 1.82) is 0 Å². The minimum absolute atomic E-state index is 0.00639. The van der Waals surface area contributed by atoms with Crippen LogP contribution in [0.4, 0.5) is 4.39 Å². The molecule has 5 atom stereocenters. The molecule has 2 saturated heterocycles. The van der Waals surface area contributed by atoms with Crippen LogP contribution in [-0.2, 0) is 20.6 Å². The third-order valence-corrected chi connectivity index (χ3v) is 7.18. The monoisotopic (exact) mass is 522 g/mol. The molecule has 0 spiro atoms. The number of benzene rings is 1. The molecule has 0 unspecified atom stereocenters. The first kappa shape index (κ1) is 25.2. The highest BCUT2D eigenvalue weighted by molar-refractivity contribution is 6.30. The Morgan fingerprint density at radius 3 is 2.75 bits per heavy atom. The Hall–Kier alpha value is -2.41. The highest BCUT2D eigenvalue weighted by Crippen LogP contribution is 2.35. The Morgan fingerprint density at radius 1 is 1.22 bits per heavy atom. The van der Waals surface area contributed by atoms with Gasteiger partial charge in [0.2, 0.25) is 0 Å². The maximum Gasteiger partial charge on any atom is 0.142 e. The van der Waals surface area contributed by atoms with Crippen LogP contribution in [0.25, 0.3) is 11.3 Å². The summed E-state index contributed by atoms with van der Waals surface area (Å²) >= 11 is 5.79. The zero-order valence-electron chi connectivity index (χ0n) is 19.7. The third kappa shape index (κ3) is 5.04. The normalized spacial score (nSPS) is 27.4. The van der Waals surface area contributed by atoms with Gasteiger partial charge in [-0.05, 0) is 25.0 Å². The van der Waals surface area contributed by atoms with E-state index >= 15 is 0 Å². The van der Waals surface area contributed by atoms with E-state index in [9.17, 15) is 14.6 Å². The topological polar surface area (TPSA) is 125 Å². The summed E-state index contributed by atoms with van der Waals surface area (Å²) in [5, 5.41) is 33.5. The lowest BCUT2D eigenvalue weighted by atomic mass is 9.90. The average Bonchev–Trinajstić information content (AvgIpc) is 3.57. The standard InChI is InChI=1S/C24H28ClFN4O6/c1-33-24-20(10-15-9-19(36-28-15)13-4-6-34-7-5-13)35-21(12-31)23(32)22(24)30-11-18(27-29-30)14-2-3-16(25)17(26)8-14/h2-3,8-9,11,13,20-24,31-32H,4-7,10,12H2,1H3/t20-,21-,22+,23+,24+/m1/s1. The van der Waals surface area contributed by atoms with Gasteiger partial charge in [0.15, 0.2) is 0 Å². The van der Waals surface area contributed by atoms with Crippen molar-refractivity contribution in [3.63, 3.8) is 0 Å². The smallest absolute Gasteiger partial charge is 0.142 e. The number of aromatic nitrogens is 4. The number of rotatable bonds is 7. The Morgan fingerprint density at radius 2 is 2.03 bits per heavy atom. The number of aliphatic hydroxyl groups is 2. The molecule has 0 radical (unpaired) electrons. The number of halogens is 2. The van der Waals surface area contributed by atoms with E-state index in [2.05, 4.69) is 15.5 Å². The van der Waals surface area contributed by atoms with Crippen LogP contribution in [-0.4, -0.2) is 81.7 Å². The summed E-state index contributed by atoms with van der Waals surface area (Å²) in [6.07, 6.45) is 0.464. The first-order valence-corrected chi connectivity index (χ1v) is 12.2. The largest absolute Gasteiger partial charge is 0.394 e. The molecule has 5 rings (SSSR count). The fourth-order valence-corrected chi connectivity index (χ4v) is 5.06. The molecule has 0 aliphatic carbocycles. The summed E-state index contributed by atoms with van der Waals surface area (Å²) in [6, 6.07) is 5.53. The molecule has 3 aromatic rings. The van der Waals surface area contributed by atoms with Gasteiger partial charge in [0.25, 0.3) is 0 Å². The molecule has 2 N–H and O–H groups in total. The fourth-order valence-electron chi connectivity index (χ4n) is 4.95. The lowest BCUT2D eigenvalue weighted by Crippen LogP contribution is -2.57. The number of ether oxygens (including phenoxy) is 3. The molecule has 12 heteroatoms. The van der Waals surface area contributed by atoms with Gasteiger partial charge in [-0.25, -0.2) is 9.07 Å². The van der Waals surface area contributed by atoms with Crippen molar-refractivity contribution in [3.8, 4) is 11.3 Å². The van der Waals surface area contributed by atoms with Gasteiger partial charge >= 0.3 is 0 Å². The Labute approximate surface area is 211 Å². The zero-order chi connectivity index (χ0) is 25.2. The molecular formula is C24H28ClFN4O6. The Kier molecular flexibility index (Phi) is 7.65. The van der Waals surface area contributed by atoms with Crippen molar-refractivity contribution in [2.75, 3.05) is 26.9 Å². The van der Waals surface area contributed by atoms with Crippen LogP contribution >= 0.6 is 11.6 Å². The molecule has 194 valence electrons. The molecule has 2 aromatic heterocycles. The van der Waals surface area contributed by atoms with E-state index < -0.39 is 42.9 Å². The number of nitrogens with zero attached hydrogens (tertiary/aromatic N) is 4. The van der Waals surface area contributed by atoms with Crippen molar-refractivity contribution in [3.05, 3.63) is 52.8 Å². The lowest BCUT2D eigenvalue weighted by molar-refractivity contribution is -0.212. The maximum atomic E-state index is 14.0. The van der Waals surface area contributed by atoms with Crippen LogP contribution in [0.5, 0.6) is 0 Å². The van der Waals surface area contributed by atoms with E-state index in [1.165, 1.54) is 23.9 Å². The predicted molar refractivity (Wildman–Crippen MR) is 125 cm³/mol. The second-order valence-electron chi connectivity index (χ2n) is 9.10. The molecule has 0 bridgehead atoms. The number of hydrogen-bond donors (Lipinski definition) is 2. The van der Waals surface area contributed by atoms with Crippen molar-refractivity contribution in [2.24, 2.45) is 0 Å². The van der Waals surface area contributed by atoms with E-state index in [0.29, 0.717) is 36.6 Å². The van der Waals surface area contributed by atoms with Crippen molar-refractivity contribution >= 4 is 11.6 Å². The summed E-state index contributed by atoms with van der Waals surface area (Å²) in [7, 11) is 1.52. The molecule has 2 aliphatic heterocycles. The van der Waals surface area contributed by atoms with E-state index in [1.807, 2.05) is 6.07 Å². The molecule has 2 fully saturated rings. The van der Waals surface area contributed by atoms with Gasteiger partial charge in [-0.1, -0.05) is 28.0 Å². The molecule has 10 nitrogen and oxygen atoms in total. The SMILES string of the molecule is CO[C@@H]1[C@@H](n2cc(-c3ccc(Cl)c(F)c3)nn2)[C@@H](O)[C@@H](CO)O[C@@H]1Cc1cc(C2CCOCC2)on1. The molecule has 0 amide bonds. The number of methoxy groups -OCH3 is 1. The number of hydrogen-bond acceptors (Lipinski definition) is 9. The van der Waals surface area contributed by atoms with Crippen LogP contribution in [0, 0.1) is 5.82 Å². The van der Waals surface area contributed by atoms with Crippen LogP contribution in [0.2, 0.25) is 5.02 Å². The summed E-state index contributed by atoms with van der Waals surface area (Å²) in [5.74, 6) is 0.499. The summed E-state index contributed by atoms with van der Waals surface area (Å²) in [6.45, 7) is 0.984. The van der Waals surface area contributed by atoms with E-state index in [0.717, 1.165) is 18.6 Å². The van der Waals surface area contributed by atoms with E-state index in [-0.39, 0.29) is 10.9 Å². The van der Waals surface area contributed by atoms with E-state index in [4.69, 9.17) is 30.3 Å². The first-order valence-electron chi connectivity index (χ1n) is 11.9.